The van der Waals surface area contributed by atoms with E-state index in [-0.39, 0.29) is 41.6 Å². The van der Waals surface area contributed by atoms with E-state index in [1.807, 2.05) is 24.3 Å². The van der Waals surface area contributed by atoms with E-state index in [9.17, 15) is 9.59 Å². The van der Waals surface area contributed by atoms with Gasteiger partial charge in [0, 0.05) is 11.6 Å². The second-order valence-corrected chi connectivity index (χ2v) is 6.72. The molecule has 1 aromatic carbocycles. The molecule has 0 N–H and O–H groups in total. The van der Waals surface area contributed by atoms with Crippen LogP contribution < -0.4 is 4.90 Å². The van der Waals surface area contributed by atoms with Gasteiger partial charge in [0.2, 0.25) is 6.29 Å². The fourth-order valence-corrected chi connectivity index (χ4v) is 4.74. The number of hydrogen-bond donors (Lipinski definition) is 0. The van der Waals surface area contributed by atoms with E-state index in [1.54, 1.807) is 6.92 Å². The first-order chi connectivity index (χ1) is 11.2. The summed E-state index contributed by atoms with van der Waals surface area (Å²) in [6, 6.07) is 7.59. The molecule has 3 saturated heterocycles. The van der Waals surface area contributed by atoms with Crippen LogP contribution in [0.25, 0.3) is 6.08 Å². The van der Waals surface area contributed by atoms with Gasteiger partial charge in [0.05, 0.1) is 30.7 Å². The first-order valence-electron chi connectivity index (χ1n) is 8.03. The molecular formula is C18H17NO4. The fraction of sp³-hybridized carbons (Fsp3) is 0.444. The van der Waals surface area contributed by atoms with Gasteiger partial charge < -0.3 is 14.4 Å². The number of carbonyl (C=O) groups is 2. The summed E-state index contributed by atoms with van der Waals surface area (Å²) in [5, 5.41) is 0. The second kappa shape index (κ2) is 4.52. The Kier molecular flexibility index (Phi) is 2.65. The number of hydrogen-bond acceptors (Lipinski definition) is 5. The Balaban J connectivity index is 1.69. The maximum Gasteiger partial charge on any atom is 0.218 e. The quantitative estimate of drug-likeness (QED) is 0.785. The molecule has 6 atom stereocenters. The second-order valence-electron chi connectivity index (χ2n) is 6.72. The number of ether oxygens (including phenoxy) is 2. The zero-order valence-corrected chi connectivity index (χ0v) is 12.7. The third-order valence-electron chi connectivity index (χ3n) is 5.57. The SMILES string of the molecule is CC(=O)C1[C@H]2[C@@H]3CO[C@@H](O3)C(=O)[C@H]2C2C=Cc3ccccc3N12. The van der Waals surface area contributed by atoms with E-state index in [2.05, 4.69) is 17.1 Å². The summed E-state index contributed by atoms with van der Waals surface area (Å²) in [4.78, 5) is 27.4. The molecular weight excluding hydrogens is 294 g/mol. The minimum absolute atomic E-state index is 0.0217. The van der Waals surface area contributed by atoms with Gasteiger partial charge in [-0.15, -0.1) is 0 Å². The highest BCUT2D eigenvalue weighted by molar-refractivity contribution is 5.95. The molecule has 5 heteroatoms. The Morgan fingerprint density at radius 1 is 1.30 bits per heavy atom. The van der Waals surface area contributed by atoms with Crippen molar-refractivity contribution < 1.29 is 19.1 Å². The van der Waals surface area contributed by atoms with Crippen LogP contribution in [0.4, 0.5) is 5.69 Å². The van der Waals surface area contributed by atoms with Crippen LogP contribution >= 0.6 is 0 Å². The average molecular weight is 311 g/mol. The van der Waals surface area contributed by atoms with Gasteiger partial charge in [-0.1, -0.05) is 30.4 Å². The molecule has 4 aliphatic rings. The predicted octanol–water partition coefficient (Wildman–Crippen LogP) is 1.42. The molecule has 118 valence electrons. The smallest absolute Gasteiger partial charge is 0.218 e. The first kappa shape index (κ1) is 13.5. The van der Waals surface area contributed by atoms with Gasteiger partial charge in [0.1, 0.15) is 0 Å². The maximum absolute atomic E-state index is 12.8. The van der Waals surface area contributed by atoms with Gasteiger partial charge in [0.25, 0.3) is 0 Å². The molecule has 0 aliphatic carbocycles. The minimum atomic E-state index is -0.751. The Bertz CT molecular complexity index is 742. The summed E-state index contributed by atoms with van der Waals surface area (Å²) in [6.07, 6.45) is 3.19. The molecule has 0 aromatic heterocycles. The number of anilines is 1. The summed E-state index contributed by atoms with van der Waals surface area (Å²) in [5.74, 6) is -0.319. The average Bonchev–Trinajstić information content (AvgIpc) is 3.13. The largest absolute Gasteiger partial charge is 0.353 e. The molecule has 0 amide bonds. The molecule has 5 nitrogen and oxygen atoms in total. The van der Waals surface area contributed by atoms with E-state index in [0.29, 0.717) is 6.61 Å². The van der Waals surface area contributed by atoms with Crippen LogP contribution in [0.2, 0.25) is 0 Å². The third-order valence-corrected chi connectivity index (χ3v) is 5.57. The molecule has 0 radical (unpaired) electrons. The van der Waals surface area contributed by atoms with Gasteiger partial charge in [0.15, 0.2) is 11.6 Å². The van der Waals surface area contributed by atoms with E-state index in [1.165, 1.54) is 0 Å². The Hall–Kier alpha value is -1.98. The zero-order chi connectivity index (χ0) is 15.7. The van der Waals surface area contributed by atoms with Crippen molar-refractivity contribution in [3.05, 3.63) is 35.9 Å². The molecule has 0 spiro atoms. The summed E-state index contributed by atoms with van der Waals surface area (Å²) < 4.78 is 11.2. The number of carbonyl (C=O) groups excluding carboxylic acids is 2. The van der Waals surface area contributed by atoms with Crippen molar-refractivity contribution in [2.75, 3.05) is 11.5 Å². The van der Waals surface area contributed by atoms with Crippen LogP contribution in [-0.4, -0.2) is 42.7 Å². The van der Waals surface area contributed by atoms with Gasteiger partial charge >= 0.3 is 0 Å². The Labute approximate surface area is 133 Å². The lowest BCUT2D eigenvalue weighted by molar-refractivity contribution is -0.164. The van der Waals surface area contributed by atoms with Crippen molar-refractivity contribution in [3.8, 4) is 0 Å². The monoisotopic (exact) mass is 311 g/mol. The standard InChI is InChI=1S/C18H17NO4/c1-9(20)16-15-13-8-22-18(23-13)17(21)14(15)12-7-6-10-4-2-3-5-11(10)19(12)16/h2-7,12-16,18H,8H2,1H3/t12?,13-,14-,15-,16?,18-/m0/s1. The Morgan fingerprint density at radius 2 is 2.13 bits per heavy atom. The van der Waals surface area contributed by atoms with Crippen molar-refractivity contribution in [1.29, 1.82) is 0 Å². The van der Waals surface area contributed by atoms with Gasteiger partial charge in [-0.25, -0.2) is 0 Å². The number of benzene rings is 1. The molecule has 2 unspecified atom stereocenters. The van der Waals surface area contributed by atoms with Crippen LogP contribution in [0.3, 0.4) is 0 Å². The summed E-state index contributed by atoms with van der Waals surface area (Å²) >= 11 is 0. The van der Waals surface area contributed by atoms with Crippen LogP contribution in [0.5, 0.6) is 0 Å². The van der Waals surface area contributed by atoms with Gasteiger partial charge in [-0.05, 0) is 18.6 Å². The van der Waals surface area contributed by atoms with Crippen LogP contribution in [0.15, 0.2) is 30.3 Å². The fourth-order valence-electron chi connectivity index (χ4n) is 4.74. The zero-order valence-electron chi connectivity index (χ0n) is 12.7. The number of fused-ring (bicyclic) bond motifs is 8. The topological polar surface area (TPSA) is 55.8 Å². The van der Waals surface area contributed by atoms with E-state index < -0.39 is 6.29 Å². The van der Waals surface area contributed by atoms with Gasteiger partial charge in [-0.3, -0.25) is 9.59 Å². The van der Waals surface area contributed by atoms with Crippen LogP contribution in [0.1, 0.15) is 12.5 Å². The maximum atomic E-state index is 12.8. The van der Waals surface area contributed by atoms with E-state index in [4.69, 9.17) is 9.47 Å². The van der Waals surface area contributed by atoms with Gasteiger partial charge in [-0.2, -0.15) is 0 Å². The summed E-state index contributed by atoms with van der Waals surface area (Å²) in [5.41, 5.74) is 2.11. The highest BCUT2D eigenvalue weighted by atomic mass is 16.7. The minimum Gasteiger partial charge on any atom is -0.353 e. The molecule has 0 saturated carbocycles. The normalized spacial score (nSPS) is 39.9. The van der Waals surface area contributed by atoms with Crippen LogP contribution in [-0.2, 0) is 19.1 Å². The molecule has 3 fully saturated rings. The van der Waals surface area contributed by atoms with Crippen molar-refractivity contribution in [2.24, 2.45) is 11.8 Å². The van der Waals surface area contributed by atoms with Crippen LogP contribution in [0, 0.1) is 11.8 Å². The number of rotatable bonds is 1. The van der Waals surface area contributed by atoms with E-state index in [0.717, 1.165) is 11.3 Å². The summed E-state index contributed by atoms with van der Waals surface area (Å²) in [6.45, 7) is 2.00. The summed E-state index contributed by atoms with van der Waals surface area (Å²) in [7, 11) is 0. The lowest BCUT2D eigenvalue weighted by Gasteiger charge is -2.35. The molecule has 2 bridgehead atoms. The third kappa shape index (κ3) is 1.64. The number of Topliss-reactive ketones (excluding diaryl/α,β-unsaturated/α-hetero) is 2. The number of para-hydroxylation sites is 1. The number of nitrogens with zero attached hydrogens (tertiary/aromatic N) is 1. The molecule has 5 rings (SSSR count). The lowest BCUT2D eigenvalue weighted by Crippen LogP contribution is -2.48. The molecule has 4 aliphatic heterocycles. The predicted molar refractivity (Wildman–Crippen MR) is 82.8 cm³/mol. The molecule has 23 heavy (non-hydrogen) atoms. The molecule has 1 aromatic rings. The first-order valence-corrected chi connectivity index (χ1v) is 8.03. The van der Waals surface area contributed by atoms with Crippen molar-refractivity contribution >= 4 is 23.3 Å². The Morgan fingerprint density at radius 3 is 2.96 bits per heavy atom. The highest BCUT2D eigenvalue weighted by Crippen LogP contribution is 2.50. The van der Waals surface area contributed by atoms with Crippen molar-refractivity contribution in [3.63, 3.8) is 0 Å². The molecule has 4 heterocycles. The van der Waals surface area contributed by atoms with Crippen molar-refractivity contribution in [1.82, 2.24) is 0 Å². The highest BCUT2D eigenvalue weighted by Gasteiger charge is 2.62. The van der Waals surface area contributed by atoms with Crippen molar-refractivity contribution in [2.45, 2.75) is 31.4 Å². The lowest BCUT2D eigenvalue weighted by atomic mass is 9.78. The number of ketones is 2. The van der Waals surface area contributed by atoms with E-state index >= 15 is 0 Å².